The number of carbonyl (C=O) groups is 1. The van der Waals surface area contributed by atoms with Crippen molar-refractivity contribution < 1.29 is 9.90 Å². The maximum absolute atomic E-state index is 13.0. The van der Waals surface area contributed by atoms with Crippen molar-refractivity contribution in [2.24, 2.45) is 11.3 Å². The standard InChI is InChI=1S/C17H29NO2/c1-17(10-3-2-4-11-17)16(20)18-12-6-8-14(18)13-7-5-9-15(13)19/h13-15,19H,2-12H2,1H3. The Labute approximate surface area is 122 Å². The first-order valence-electron chi connectivity index (χ1n) is 8.61. The first-order valence-corrected chi connectivity index (χ1v) is 8.61. The van der Waals surface area contributed by atoms with Crippen molar-refractivity contribution in [3.05, 3.63) is 0 Å². The third-order valence-corrected chi connectivity index (χ3v) is 6.06. The third kappa shape index (κ3) is 2.49. The van der Waals surface area contributed by atoms with Crippen molar-refractivity contribution in [3.8, 4) is 0 Å². The van der Waals surface area contributed by atoms with E-state index in [0.717, 1.165) is 51.5 Å². The van der Waals surface area contributed by atoms with E-state index >= 15 is 0 Å². The molecule has 0 aromatic carbocycles. The minimum absolute atomic E-state index is 0.121. The number of carbonyl (C=O) groups excluding carboxylic acids is 1. The molecule has 0 radical (unpaired) electrons. The summed E-state index contributed by atoms with van der Waals surface area (Å²) in [6.45, 7) is 3.09. The minimum atomic E-state index is -0.174. The van der Waals surface area contributed by atoms with Crippen molar-refractivity contribution in [3.63, 3.8) is 0 Å². The Hall–Kier alpha value is -0.570. The number of aliphatic hydroxyl groups is 1. The van der Waals surface area contributed by atoms with Crippen LogP contribution in [-0.4, -0.2) is 34.6 Å². The lowest BCUT2D eigenvalue weighted by molar-refractivity contribution is -0.145. The van der Waals surface area contributed by atoms with Crippen molar-refractivity contribution in [2.75, 3.05) is 6.54 Å². The molecule has 3 aliphatic rings. The highest BCUT2D eigenvalue weighted by molar-refractivity contribution is 5.83. The first kappa shape index (κ1) is 14.4. The molecule has 0 aromatic heterocycles. The van der Waals surface area contributed by atoms with Gasteiger partial charge < -0.3 is 10.0 Å². The molecule has 114 valence electrons. The lowest BCUT2D eigenvalue weighted by Gasteiger charge is -2.40. The molecule has 3 rings (SSSR count). The summed E-state index contributed by atoms with van der Waals surface area (Å²) in [4.78, 5) is 15.2. The van der Waals surface area contributed by atoms with E-state index in [0.29, 0.717) is 17.9 Å². The fourth-order valence-electron chi connectivity index (χ4n) is 4.80. The van der Waals surface area contributed by atoms with Crippen molar-refractivity contribution >= 4 is 5.91 Å². The Balaban J connectivity index is 1.72. The molecule has 0 aromatic rings. The largest absolute Gasteiger partial charge is 0.393 e. The number of hydrogen-bond acceptors (Lipinski definition) is 2. The summed E-state index contributed by atoms with van der Waals surface area (Å²) in [5.41, 5.74) is -0.121. The molecule has 2 saturated carbocycles. The van der Waals surface area contributed by atoms with Crippen LogP contribution in [0.5, 0.6) is 0 Å². The van der Waals surface area contributed by atoms with Gasteiger partial charge in [-0.1, -0.05) is 32.6 Å². The third-order valence-electron chi connectivity index (χ3n) is 6.06. The van der Waals surface area contributed by atoms with Crippen LogP contribution in [0.15, 0.2) is 0 Å². The summed E-state index contributed by atoms with van der Waals surface area (Å²) >= 11 is 0. The number of rotatable bonds is 2. The summed E-state index contributed by atoms with van der Waals surface area (Å²) in [6, 6.07) is 0.318. The van der Waals surface area contributed by atoms with Gasteiger partial charge >= 0.3 is 0 Å². The van der Waals surface area contributed by atoms with Crippen LogP contribution in [-0.2, 0) is 4.79 Å². The fraction of sp³-hybridized carbons (Fsp3) is 0.941. The van der Waals surface area contributed by atoms with Gasteiger partial charge in [0.25, 0.3) is 0 Å². The van der Waals surface area contributed by atoms with E-state index in [1.54, 1.807) is 0 Å². The van der Waals surface area contributed by atoms with Gasteiger partial charge in [-0.15, -0.1) is 0 Å². The highest BCUT2D eigenvalue weighted by atomic mass is 16.3. The van der Waals surface area contributed by atoms with Gasteiger partial charge in [-0.2, -0.15) is 0 Å². The minimum Gasteiger partial charge on any atom is -0.393 e. The molecular formula is C17H29NO2. The lowest BCUT2D eigenvalue weighted by Crippen LogP contribution is -2.49. The molecule has 1 aliphatic heterocycles. The average Bonchev–Trinajstić information content (AvgIpc) is 3.06. The van der Waals surface area contributed by atoms with Gasteiger partial charge in [-0.25, -0.2) is 0 Å². The summed E-state index contributed by atoms with van der Waals surface area (Å²) in [5, 5.41) is 10.2. The zero-order valence-electron chi connectivity index (χ0n) is 12.8. The second-order valence-electron chi connectivity index (χ2n) is 7.49. The number of aliphatic hydroxyl groups excluding tert-OH is 1. The van der Waals surface area contributed by atoms with Gasteiger partial charge in [-0.3, -0.25) is 4.79 Å². The number of likely N-dealkylation sites (tertiary alicyclic amines) is 1. The van der Waals surface area contributed by atoms with Crippen LogP contribution in [0.4, 0.5) is 0 Å². The van der Waals surface area contributed by atoms with Crippen molar-refractivity contribution in [2.45, 2.75) is 83.3 Å². The maximum Gasteiger partial charge on any atom is 0.228 e. The second-order valence-corrected chi connectivity index (χ2v) is 7.49. The van der Waals surface area contributed by atoms with Gasteiger partial charge in [0.15, 0.2) is 0 Å². The molecule has 3 fully saturated rings. The maximum atomic E-state index is 13.0. The van der Waals surface area contributed by atoms with Crippen LogP contribution in [0.1, 0.15) is 71.1 Å². The van der Waals surface area contributed by atoms with Crippen LogP contribution in [0.2, 0.25) is 0 Å². The van der Waals surface area contributed by atoms with Crippen LogP contribution in [0.25, 0.3) is 0 Å². The molecule has 20 heavy (non-hydrogen) atoms. The van der Waals surface area contributed by atoms with Crippen LogP contribution < -0.4 is 0 Å². The summed E-state index contributed by atoms with van der Waals surface area (Å²) < 4.78 is 0. The van der Waals surface area contributed by atoms with E-state index in [2.05, 4.69) is 11.8 Å². The van der Waals surface area contributed by atoms with Crippen molar-refractivity contribution in [1.29, 1.82) is 0 Å². The van der Waals surface area contributed by atoms with Gasteiger partial charge in [0, 0.05) is 23.9 Å². The van der Waals surface area contributed by atoms with Gasteiger partial charge in [0.05, 0.1) is 6.10 Å². The molecule has 0 spiro atoms. The number of nitrogens with zero attached hydrogens (tertiary/aromatic N) is 1. The molecule has 3 atom stereocenters. The lowest BCUT2D eigenvalue weighted by atomic mass is 9.74. The highest BCUT2D eigenvalue weighted by Gasteiger charge is 2.45. The van der Waals surface area contributed by atoms with Gasteiger partial charge in [0.2, 0.25) is 5.91 Å². The first-order chi connectivity index (χ1) is 9.62. The second kappa shape index (κ2) is 5.67. The van der Waals surface area contributed by atoms with Crippen molar-refractivity contribution in [1.82, 2.24) is 4.90 Å². The van der Waals surface area contributed by atoms with E-state index in [-0.39, 0.29) is 11.5 Å². The Morgan fingerprint density at radius 2 is 1.80 bits per heavy atom. The molecule has 2 aliphatic carbocycles. The van der Waals surface area contributed by atoms with E-state index in [9.17, 15) is 9.90 Å². The number of amides is 1. The van der Waals surface area contributed by atoms with E-state index in [1.807, 2.05) is 0 Å². The average molecular weight is 279 g/mol. The quantitative estimate of drug-likeness (QED) is 0.843. The highest BCUT2D eigenvalue weighted by Crippen LogP contribution is 2.42. The molecular weight excluding hydrogens is 250 g/mol. The fourth-order valence-corrected chi connectivity index (χ4v) is 4.80. The zero-order valence-corrected chi connectivity index (χ0v) is 12.8. The van der Waals surface area contributed by atoms with E-state index in [1.165, 1.54) is 19.3 Å². The summed E-state index contributed by atoms with van der Waals surface area (Å²) in [6.07, 6.45) is 11.0. The van der Waals surface area contributed by atoms with Crippen LogP contribution in [0.3, 0.4) is 0 Å². The van der Waals surface area contributed by atoms with Crippen LogP contribution >= 0.6 is 0 Å². The van der Waals surface area contributed by atoms with Gasteiger partial charge in [-0.05, 0) is 38.5 Å². The molecule has 3 nitrogen and oxygen atoms in total. The smallest absolute Gasteiger partial charge is 0.228 e. The van der Waals surface area contributed by atoms with E-state index in [4.69, 9.17) is 0 Å². The summed E-state index contributed by atoms with van der Waals surface area (Å²) in [5.74, 6) is 0.729. The summed E-state index contributed by atoms with van der Waals surface area (Å²) in [7, 11) is 0. The molecule has 1 N–H and O–H groups in total. The SMILES string of the molecule is CC1(C(=O)N2CCCC2C2CCCC2O)CCCCC1. The predicted molar refractivity (Wildman–Crippen MR) is 79.3 cm³/mol. The monoisotopic (exact) mass is 279 g/mol. The molecule has 1 saturated heterocycles. The topological polar surface area (TPSA) is 40.5 Å². The Kier molecular flexibility index (Phi) is 4.07. The molecule has 3 unspecified atom stereocenters. The Morgan fingerprint density at radius 3 is 2.45 bits per heavy atom. The van der Waals surface area contributed by atoms with Gasteiger partial charge in [0.1, 0.15) is 0 Å². The Morgan fingerprint density at radius 1 is 1.05 bits per heavy atom. The predicted octanol–water partition coefficient (Wildman–Crippen LogP) is 3.11. The number of hydrogen-bond donors (Lipinski definition) is 1. The molecule has 1 heterocycles. The molecule has 3 heteroatoms. The normalized spacial score (nSPS) is 37.3. The zero-order chi connectivity index (χ0) is 14.2. The molecule has 0 bridgehead atoms. The van der Waals surface area contributed by atoms with E-state index < -0.39 is 0 Å². The Bertz CT molecular complexity index is 362. The molecule has 1 amide bonds. The van der Waals surface area contributed by atoms with Crippen LogP contribution in [0, 0.1) is 11.3 Å².